The molecule has 0 spiro atoms. The summed E-state index contributed by atoms with van der Waals surface area (Å²) in [7, 11) is 0. The highest BCUT2D eigenvalue weighted by Crippen LogP contribution is 2.34. The van der Waals surface area contributed by atoms with Crippen molar-refractivity contribution in [1.29, 1.82) is 0 Å². The van der Waals surface area contributed by atoms with Crippen molar-refractivity contribution in [1.82, 2.24) is 19.6 Å². The molecule has 1 saturated heterocycles. The second-order valence-electron chi connectivity index (χ2n) is 8.65. The minimum Gasteiger partial charge on any atom is -0.360 e. The van der Waals surface area contributed by atoms with Crippen molar-refractivity contribution in [2.24, 2.45) is 0 Å². The van der Waals surface area contributed by atoms with Gasteiger partial charge in [-0.15, -0.1) is 0 Å². The number of nitrogens with zero attached hydrogens (tertiary/aromatic N) is 4. The number of hydrogen-bond donors (Lipinski definition) is 1. The third-order valence-electron chi connectivity index (χ3n) is 6.54. The molecule has 2 aliphatic heterocycles. The molecule has 1 aromatic carbocycles. The number of anilines is 1. The Bertz CT molecular complexity index is 1030. The summed E-state index contributed by atoms with van der Waals surface area (Å²) < 4.78 is 7.55. The SMILES string of the molecule is Cc1cc(NC(=O)C(c2ccccc2)N2CCC(c3ncc4n3CCCC4)CC2)no1. The van der Waals surface area contributed by atoms with Crippen molar-refractivity contribution >= 4 is 11.7 Å². The maximum atomic E-state index is 13.3. The summed E-state index contributed by atoms with van der Waals surface area (Å²) in [6.45, 7) is 4.63. The van der Waals surface area contributed by atoms with Gasteiger partial charge in [-0.25, -0.2) is 4.98 Å². The maximum Gasteiger partial charge on any atom is 0.247 e. The first-order valence-electron chi connectivity index (χ1n) is 11.3. The molecule has 5 rings (SSSR count). The van der Waals surface area contributed by atoms with E-state index in [1.54, 1.807) is 6.07 Å². The summed E-state index contributed by atoms with van der Waals surface area (Å²) in [6.07, 6.45) is 7.74. The van der Waals surface area contributed by atoms with Crippen molar-refractivity contribution in [3.05, 3.63) is 65.4 Å². The molecule has 0 saturated carbocycles. The van der Waals surface area contributed by atoms with E-state index in [4.69, 9.17) is 9.51 Å². The number of benzene rings is 1. The zero-order chi connectivity index (χ0) is 21.2. The molecule has 1 unspecified atom stereocenters. The number of fused-ring (bicyclic) bond motifs is 1. The fourth-order valence-electron chi connectivity index (χ4n) is 4.99. The number of aromatic nitrogens is 3. The summed E-state index contributed by atoms with van der Waals surface area (Å²) in [6, 6.07) is 11.4. The summed E-state index contributed by atoms with van der Waals surface area (Å²) in [5.74, 6) is 2.77. The van der Waals surface area contributed by atoms with Gasteiger partial charge < -0.3 is 14.4 Å². The highest BCUT2D eigenvalue weighted by atomic mass is 16.5. The molecular formula is C24H29N5O2. The van der Waals surface area contributed by atoms with Crippen LogP contribution in [0.1, 0.15) is 60.5 Å². The molecule has 31 heavy (non-hydrogen) atoms. The van der Waals surface area contributed by atoms with Gasteiger partial charge in [0.15, 0.2) is 5.82 Å². The van der Waals surface area contributed by atoms with E-state index in [9.17, 15) is 4.79 Å². The summed E-state index contributed by atoms with van der Waals surface area (Å²) in [5.41, 5.74) is 2.38. The lowest BCUT2D eigenvalue weighted by atomic mass is 9.93. The molecule has 1 atom stereocenters. The second-order valence-corrected chi connectivity index (χ2v) is 8.65. The zero-order valence-electron chi connectivity index (χ0n) is 18.0. The predicted molar refractivity (Wildman–Crippen MR) is 118 cm³/mol. The smallest absolute Gasteiger partial charge is 0.247 e. The van der Waals surface area contributed by atoms with Crippen LogP contribution in [0.5, 0.6) is 0 Å². The Kier molecular flexibility index (Phi) is 5.59. The Morgan fingerprint density at radius 2 is 1.97 bits per heavy atom. The van der Waals surface area contributed by atoms with Gasteiger partial charge >= 0.3 is 0 Å². The second kappa shape index (κ2) is 8.67. The first kappa shape index (κ1) is 20.0. The molecule has 1 N–H and O–H groups in total. The van der Waals surface area contributed by atoms with Crippen LogP contribution in [0, 0.1) is 6.92 Å². The van der Waals surface area contributed by atoms with Crippen LogP contribution < -0.4 is 5.32 Å². The number of rotatable bonds is 5. The van der Waals surface area contributed by atoms with Crippen LogP contribution in [0.15, 0.2) is 47.1 Å². The third-order valence-corrected chi connectivity index (χ3v) is 6.54. The van der Waals surface area contributed by atoms with E-state index >= 15 is 0 Å². The topological polar surface area (TPSA) is 76.2 Å². The Morgan fingerprint density at radius 3 is 2.71 bits per heavy atom. The van der Waals surface area contributed by atoms with Crippen LogP contribution in [-0.4, -0.2) is 38.6 Å². The van der Waals surface area contributed by atoms with Crippen LogP contribution in [0.3, 0.4) is 0 Å². The molecule has 0 bridgehead atoms. The van der Waals surface area contributed by atoms with Gasteiger partial charge in [-0.2, -0.15) is 0 Å². The van der Waals surface area contributed by atoms with E-state index in [2.05, 4.69) is 26.1 Å². The van der Waals surface area contributed by atoms with Gasteiger partial charge in [-0.1, -0.05) is 35.5 Å². The quantitative estimate of drug-likeness (QED) is 0.674. The minimum atomic E-state index is -0.353. The van der Waals surface area contributed by atoms with Crippen molar-refractivity contribution < 1.29 is 9.32 Å². The van der Waals surface area contributed by atoms with Gasteiger partial charge in [0, 0.05) is 30.4 Å². The van der Waals surface area contributed by atoms with Gasteiger partial charge in [0.1, 0.15) is 17.6 Å². The lowest BCUT2D eigenvalue weighted by Crippen LogP contribution is -2.42. The Hall–Kier alpha value is -2.93. The van der Waals surface area contributed by atoms with Crippen LogP contribution >= 0.6 is 0 Å². The number of likely N-dealkylation sites (tertiary alicyclic amines) is 1. The Morgan fingerprint density at radius 1 is 1.16 bits per heavy atom. The lowest BCUT2D eigenvalue weighted by molar-refractivity contribution is -0.122. The molecule has 2 aromatic heterocycles. The van der Waals surface area contributed by atoms with Gasteiger partial charge in [-0.3, -0.25) is 9.69 Å². The molecule has 7 nitrogen and oxygen atoms in total. The number of carbonyl (C=O) groups excluding carboxylic acids is 1. The number of hydrogen-bond acceptors (Lipinski definition) is 5. The summed E-state index contributed by atoms with van der Waals surface area (Å²) in [4.78, 5) is 20.3. The molecule has 0 aliphatic carbocycles. The molecule has 4 heterocycles. The molecular weight excluding hydrogens is 390 g/mol. The first-order valence-corrected chi connectivity index (χ1v) is 11.3. The van der Waals surface area contributed by atoms with Crippen LogP contribution in [0.2, 0.25) is 0 Å². The highest BCUT2D eigenvalue weighted by Gasteiger charge is 2.33. The van der Waals surface area contributed by atoms with Crippen molar-refractivity contribution in [2.45, 2.75) is 57.5 Å². The number of nitrogens with one attached hydrogen (secondary N) is 1. The fourth-order valence-corrected chi connectivity index (χ4v) is 4.99. The van der Waals surface area contributed by atoms with Gasteiger partial charge in [0.05, 0.1) is 0 Å². The fraction of sp³-hybridized carbons (Fsp3) is 0.458. The van der Waals surface area contributed by atoms with Crippen molar-refractivity contribution in [3.63, 3.8) is 0 Å². The van der Waals surface area contributed by atoms with Gasteiger partial charge in [0.25, 0.3) is 0 Å². The predicted octanol–water partition coefficient (Wildman–Crippen LogP) is 4.08. The normalized spacial score (nSPS) is 18.5. The van der Waals surface area contributed by atoms with Gasteiger partial charge in [0.2, 0.25) is 5.91 Å². The van der Waals surface area contributed by atoms with Crippen molar-refractivity contribution in [3.8, 4) is 0 Å². The average molecular weight is 420 g/mol. The summed E-state index contributed by atoms with van der Waals surface area (Å²) >= 11 is 0. The number of aryl methyl sites for hydroxylation is 2. The molecule has 2 aliphatic rings. The molecule has 162 valence electrons. The molecule has 7 heteroatoms. The van der Waals surface area contributed by atoms with E-state index in [1.165, 1.54) is 24.4 Å². The summed E-state index contributed by atoms with van der Waals surface area (Å²) in [5, 5.41) is 6.86. The van der Waals surface area contributed by atoms with E-state index in [0.717, 1.165) is 44.5 Å². The van der Waals surface area contributed by atoms with Gasteiger partial charge in [-0.05, 0) is 57.7 Å². The average Bonchev–Trinajstić information content (AvgIpc) is 3.41. The Balaban J connectivity index is 1.32. The third kappa shape index (κ3) is 4.14. The lowest BCUT2D eigenvalue weighted by Gasteiger charge is -2.37. The zero-order valence-corrected chi connectivity index (χ0v) is 18.0. The van der Waals surface area contributed by atoms with Crippen LogP contribution in [0.4, 0.5) is 5.82 Å². The molecule has 3 aromatic rings. The number of piperidine rings is 1. The number of amides is 1. The largest absolute Gasteiger partial charge is 0.360 e. The Labute approximate surface area is 182 Å². The van der Waals surface area contributed by atoms with Crippen LogP contribution in [0.25, 0.3) is 0 Å². The van der Waals surface area contributed by atoms with E-state index in [-0.39, 0.29) is 11.9 Å². The first-order chi connectivity index (χ1) is 15.2. The minimum absolute atomic E-state index is 0.0730. The maximum absolute atomic E-state index is 13.3. The van der Waals surface area contributed by atoms with Crippen molar-refractivity contribution in [2.75, 3.05) is 18.4 Å². The highest BCUT2D eigenvalue weighted by molar-refractivity contribution is 5.94. The monoisotopic (exact) mass is 419 g/mol. The van der Waals surface area contributed by atoms with Crippen LogP contribution in [-0.2, 0) is 17.8 Å². The molecule has 1 fully saturated rings. The number of imidazole rings is 1. The van der Waals surface area contributed by atoms with E-state index < -0.39 is 0 Å². The van der Waals surface area contributed by atoms with E-state index in [1.807, 2.05) is 37.3 Å². The molecule has 1 amide bonds. The standard InChI is InChI=1S/C24H29N5O2/c1-17-15-21(27-31-17)26-24(30)22(18-7-3-2-4-8-18)28-13-10-19(11-14-28)23-25-16-20-9-5-6-12-29(20)23/h2-4,7-8,15-16,19,22H,5-6,9-14H2,1H3,(H,26,27,30). The molecule has 0 radical (unpaired) electrons. The number of carbonyl (C=O) groups is 1. The van der Waals surface area contributed by atoms with E-state index in [0.29, 0.717) is 17.5 Å².